The number of nitro groups is 1. The molecule has 16 heteroatoms. The number of aromatic nitrogens is 3. The van der Waals surface area contributed by atoms with Crippen molar-refractivity contribution < 1.29 is 27.6 Å². The molecule has 5 fully saturated rings. The van der Waals surface area contributed by atoms with E-state index in [1.807, 2.05) is 12.1 Å². The predicted octanol–water partition coefficient (Wildman–Crippen LogP) is 8.08. The molecule has 0 radical (unpaired) electrons. The zero-order valence-corrected chi connectivity index (χ0v) is 35.4. The molecule has 2 aliphatic carbocycles. The standard InChI is InChI=1S/C46H52N8O7S/c55-45(51-62(58,59)43-24-41(54(56)57)39(27-49-43)48-25-30-14-20-60-21-15-30)38-10-9-34(23-42(38)61-35-22-32-13-18-47-44(32)50-26-35)52-28-46(29-52)16-11-33(12-17-46)53-19-3-6-40(53)37-5-2-1-4-36(37)31-7-8-31/h1-2,4-5,9-10,13,18,22-24,26-27,30-31,33,40,48H,3,6-8,11-12,14-17,19-21,25,28-29H2,(H,47,50)(H,51,55). The average Bonchev–Trinajstić information content (AvgIpc) is 3.81. The Labute approximate surface area is 360 Å². The van der Waals surface area contributed by atoms with Gasteiger partial charge in [0.15, 0.2) is 5.03 Å². The van der Waals surface area contributed by atoms with Gasteiger partial charge in [-0.15, -0.1) is 0 Å². The van der Waals surface area contributed by atoms with Crippen LogP contribution in [-0.4, -0.2) is 84.5 Å². The highest BCUT2D eigenvalue weighted by atomic mass is 32.2. The number of sulfonamides is 1. The molecule has 6 heterocycles. The second kappa shape index (κ2) is 16.6. The van der Waals surface area contributed by atoms with Gasteiger partial charge < -0.3 is 24.7 Å². The number of benzene rings is 2. The summed E-state index contributed by atoms with van der Waals surface area (Å²) in [4.78, 5) is 41.9. The van der Waals surface area contributed by atoms with Gasteiger partial charge in [-0.3, -0.25) is 19.8 Å². The van der Waals surface area contributed by atoms with Gasteiger partial charge in [0, 0.05) is 73.7 Å². The van der Waals surface area contributed by atoms with Crippen LogP contribution in [0.1, 0.15) is 97.7 Å². The van der Waals surface area contributed by atoms with Crippen molar-refractivity contribution in [2.75, 3.05) is 49.6 Å². The van der Waals surface area contributed by atoms with Gasteiger partial charge in [-0.1, -0.05) is 24.3 Å². The number of ether oxygens (including phenoxy) is 2. The Morgan fingerprint density at radius 1 is 0.952 bits per heavy atom. The lowest BCUT2D eigenvalue weighted by atomic mass is 9.67. The lowest BCUT2D eigenvalue weighted by molar-refractivity contribution is -0.384. The zero-order valence-electron chi connectivity index (χ0n) is 34.6. The van der Waals surface area contributed by atoms with Crippen molar-refractivity contribution in [2.24, 2.45) is 11.3 Å². The number of likely N-dealkylation sites (tertiary alicyclic amines) is 1. The van der Waals surface area contributed by atoms with E-state index in [1.165, 1.54) is 51.3 Å². The van der Waals surface area contributed by atoms with Crippen LogP contribution in [-0.2, 0) is 14.8 Å². The molecule has 1 atom stereocenters. The van der Waals surface area contributed by atoms with Crippen molar-refractivity contribution in [3.63, 3.8) is 0 Å². The quantitative estimate of drug-likeness (QED) is 0.0765. The summed E-state index contributed by atoms with van der Waals surface area (Å²) in [6, 6.07) is 19.9. The van der Waals surface area contributed by atoms with Gasteiger partial charge in [-0.25, -0.2) is 14.7 Å². The van der Waals surface area contributed by atoms with Gasteiger partial charge in [0.05, 0.1) is 28.9 Å². The highest BCUT2D eigenvalue weighted by Gasteiger charge is 2.47. The Bertz CT molecular complexity index is 2590. The molecule has 15 nitrogen and oxygen atoms in total. The maximum absolute atomic E-state index is 13.9. The fourth-order valence-electron chi connectivity index (χ4n) is 10.3. The number of amides is 1. The van der Waals surface area contributed by atoms with E-state index in [9.17, 15) is 23.3 Å². The maximum Gasteiger partial charge on any atom is 0.296 e. The molecule has 1 amide bonds. The number of aromatic amines is 1. The van der Waals surface area contributed by atoms with Crippen LogP contribution in [0.4, 0.5) is 17.1 Å². The maximum atomic E-state index is 13.9. The molecular formula is C46H52N8O7S. The lowest BCUT2D eigenvalue weighted by Crippen LogP contribution is -2.59. The van der Waals surface area contributed by atoms with Crippen LogP contribution in [0.2, 0.25) is 0 Å². The number of pyridine rings is 2. The van der Waals surface area contributed by atoms with E-state index in [4.69, 9.17) is 9.47 Å². The summed E-state index contributed by atoms with van der Waals surface area (Å²) in [6.45, 7) is 4.62. The van der Waals surface area contributed by atoms with Crippen LogP contribution in [0.15, 0.2) is 84.3 Å². The summed E-state index contributed by atoms with van der Waals surface area (Å²) < 4.78 is 41.0. The molecule has 3 aliphatic heterocycles. The minimum absolute atomic E-state index is 0.0325. The van der Waals surface area contributed by atoms with Crippen LogP contribution in [0, 0.1) is 21.4 Å². The molecule has 62 heavy (non-hydrogen) atoms. The van der Waals surface area contributed by atoms with E-state index in [2.05, 4.69) is 59.1 Å². The van der Waals surface area contributed by atoms with Gasteiger partial charge in [0.25, 0.3) is 21.6 Å². The van der Waals surface area contributed by atoms with Crippen LogP contribution in [0.5, 0.6) is 11.5 Å². The zero-order chi connectivity index (χ0) is 42.4. The van der Waals surface area contributed by atoms with E-state index >= 15 is 0 Å². The second-order valence-corrected chi connectivity index (χ2v) is 19.6. The van der Waals surface area contributed by atoms with Crippen molar-refractivity contribution in [1.82, 2.24) is 24.6 Å². The van der Waals surface area contributed by atoms with Crippen LogP contribution in [0.3, 0.4) is 0 Å². The van der Waals surface area contributed by atoms with E-state index < -0.39 is 31.6 Å². The van der Waals surface area contributed by atoms with Crippen molar-refractivity contribution in [3.05, 3.63) is 106 Å². The number of hydrogen-bond acceptors (Lipinski definition) is 12. The van der Waals surface area contributed by atoms with Gasteiger partial charge in [-0.2, -0.15) is 8.42 Å². The number of H-pyrrole nitrogens is 1. The molecule has 1 unspecified atom stereocenters. The summed E-state index contributed by atoms with van der Waals surface area (Å²) in [6.07, 6.45) is 15.8. The number of fused-ring (bicyclic) bond motifs is 1. The summed E-state index contributed by atoms with van der Waals surface area (Å²) in [5.74, 6) is 0.547. The number of hydrogen-bond donors (Lipinski definition) is 3. The Balaban J connectivity index is 0.840. The Morgan fingerprint density at radius 2 is 1.74 bits per heavy atom. The predicted molar refractivity (Wildman–Crippen MR) is 234 cm³/mol. The number of carbonyl (C=O) groups excluding carboxylic acids is 1. The Hall–Kier alpha value is -5.58. The third-order valence-electron chi connectivity index (χ3n) is 13.9. The number of nitrogens with zero attached hydrogens (tertiary/aromatic N) is 5. The monoisotopic (exact) mass is 860 g/mol. The molecule has 1 spiro atoms. The van der Waals surface area contributed by atoms with Gasteiger partial charge >= 0.3 is 0 Å². The van der Waals surface area contributed by atoms with Crippen LogP contribution >= 0.6 is 0 Å². The van der Waals surface area contributed by atoms with Crippen molar-refractivity contribution >= 4 is 44.0 Å². The summed E-state index contributed by atoms with van der Waals surface area (Å²) >= 11 is 0. The number of anilines is 2. The Morgan fingerprint density at radius 3 is 2.52 bits per heavy atom. The molecular weight excluding hydrogens is 809 g/mol. The first-order chi connectivity index (χ1) is 30.1. The smallest absolute Gasteiger partial charge is 0.296 e. The number of nitrogens with one attached hydrogen (secondary N) is 3. The van der Waals surface area contributed by atoms with E-state index in [0.717, 1.165) is 68.0 Å². The molecule has 5 aromatic rings. The van der Waals surface area contributed by atoms with Crippen LogP contribution < -0.4 is 19.7 Å². The molecule has 10 rings (SSSR count). The summed E-state index contributed by atoms with van der Waals surface area (Å²) in [5, 5.41) is 15.3. The molecule has 3 saturated heterocycles. The van der Waals surface area contributed by atoms with E-state index in [1.54, 1.807) is 35.5 Å². The van der Waals surface area contributed by atoms with Crippen LogP contribution in [0.25, 0.3) is 11.0 Å². The van der Waals surface area contributed by atoms with E-state index in [0.29, 0.717) is 43.2 Å². The SMILES string of the molecule is O=C(NS(=O)(=O)c1cc([N+](=O)[O-])c(NCC2CCOCC2)cn1)c1ccc(N2CC3(CCC(N4CCCC4c4ccccc4C4CC4)CC3)C2)cc1Oc1cnc2[nH]ccc2c1. The molecule has 2 aromatic carbocycles. The molecule has 0 bridgehead atoms. The molecule has 5 aliphatic rings. The van der Waals surface area contributed by atoms with Crippen molar-refractivity contribution in [2.45, 2.75) is 87.2 Å². The number of rotatable bonds is 13. The first kappa shape index (κ1) is 40.5. The highest BCUT2D eigenvalue weighted by molar-refractivity contribution is 7.90. The average molecular weight is 861 g/mol. The third-order valence-corrected chi connectivity index (χ3v) is 15.1. The largest absolute Gasteiger partial charge is 0.455 e. The van der Waals surface area contributed by atoms with Gasteiger partial charge in [-0.05, 0) is 118 Å². The van der Waals surface area contributed by atoms with E-state index in [-0.39, 0.29) is 28.3 Å². The fourth-order valence-corrected chi connectivity index (χ4v) is 11.2. The fraction of sp³-hybridized carbons (Fsp3) is 0.457. The molecule has 2 saturated carbocycles. The summed E-state index contributed by atoms with van der Waals surface area (Å²) in [5.41, 5.74) is 4.49. The van der Waals surface area contributed by atoms with Crippen molar-refractivity contribution in [3.8, 4) is 11.5 Å². The topological polar surface area (TPSA) is 185 Å². The number of carbonyl (C=O) groups is 1. The minimum atomic E-state index is -4.64. The minimum Gasteiger partial charge on any atom is -0.455 e. The Kier molecular flexibility index (Phi) is 10.8. The lowest BCUT2D eigenvalue weighted by Gasteiger charge is -2.55. The first-order valence-corrected chi connectivity index (χ1v) is 23.5. The van der Waals surface area contributed by atoms with Crippen molar-refractivity contribution in [1.29, 1.82) is 0 Å². The highest BCUT2D eigenvalue weighted by Crippen LogP contribution is 2.51. The van der Waals surface area contributed by atoms with Gasteiger partial charge in [0.2, 0.25) is 0 Å². The molecule has 3 aromatic heterocycles. The first-order valence-electron chi connectivity index (χ1n) is 22.0. The third kappa shape index (κ3) is 8.22. The second-order valence-electron chi connectivity index (χ2n) is 17.9. The normalized spacial score (nSPS) is 20.9. The summed E-state index contributed by atoms with van der Waals surface area (Å²) in [7, 11) is -4.64. The molecule has 3 N–H and O–H groups in total. The molecule has 324 valence electrons. The van der Waals surface area contributed by atoms with Gasteiger partial charge in [0.1, 0.15) is 22.8 Å².